The van der Waals surface area contributed by atoms with Crippen LogP contribution in [0, 0.1) is 5.92 Å². The van der Waals surface area contributed by atoms with Crippen molar-refractivity contribution in [1.82, 2.24) is 14.5 Å². The monoisotopic (exact) mass is 254 g/mol. The third-order valence-corrected chi connectivity index (χ3v) is 4.18. The molecule has 1 saturated carbocycles. The van der Waals surface area contributed by atoms with Gasteiger partial charge in [0.05, 0.1) is 0 Å². The third kappa shape index (κ3) is 3.39. The number of hydrogen-bond donors (Lipinski definition) is 1. The first-order valence-corrected chi connectivity index (χ1v) is 7.38. The van der Waals surface area contributed by atoms with Crippen molar-refractivity contribution in [3.63, 3.8) is 0 Å². The van der Waals surface area contributed by atoms with E-state index in [9.17, 15) is 0 Å². The molecular formula is C12H22N4S. The number of nitrogens with one attached hydrogen (secondary N) is 1. The zero-order valence-electron chi connectivity index (χ0n) is 10.8. The fourth-order valence-electron chi connectivity index (χ4n) is 2.16. The van der Waals surface area contributed by atoms with Gasteiger partial charge in [-0.3, -0.25) is 4.90 Å². The summed E-state index contributed by atoms with van der Waals surface area (Å²) in [5, 5.41) is 8.71. The molecule has 1 aliphatic rings. The van der Waals surface area contributed by atoms with Crippen LogP contribution in [-0.4, -0.2) is 34.1 Å². The summed E-state index contributed by atoms with van der Waals surface area (Å²) in [7, 11) is 0. The Morgan fingerprint density at radius 2 is 2.24 bits per heavy atom. The smallest absolute Gasteiger partial charge is 0.134 e. The van der Waals surface area contributed by atoms with Crippen LogP contribution in [0.1, 0.15) is 38.8 Å². The second kappa shape index (κ2) is 6.31. The Labute approximate surface area is 108 Å². The van der Waals surface area contributed by atoms with E-state index in [4.69, 9.17) is 0 Å². The van der Waals surface area contributed by atoms with Crippen molar-refractivity contribution in [2.45, 2.75) is 39.7 Å². The molecule has 0 radical (unpaired) electrons. The number of rotatable bonds is 7. The van der Waals surface area contributed by atoms with Gasteiger partial charge in [0, 0.05) is 31.2 Å². The number of anilines is 1. The van der Waals surface area contributed by atoms with E-state index in [1.54, 1.807) is 0 Å². The van der Waals surface area contributed by atoms with E-state index in [2.05, 4.69) is 33.7 Å². The van der Waals surface area contributed by atoms with Crippen LogP contribution in [0.2, 0.25) is 0 Å². The summed E-state index contributed by atoms with van der Waals surface area (Å²) in [4.78, 5) is 2.49. The van der Waals surface area contributed by atoms with Gasteiger partial charge in [-0.05, 0) is 32.2 Å². The summed E-state index contributed by atoms with van der Waals surface area (Å²) < 4.78 is 4.04. The minimum atomic E-state index is 0.920. The maximum Gasteiger partial charge on any atom is 0.134 e. The Bertz CT molecular complexity index is 335. The fourth-order valence-corrected chi connectivity index (χ4v) is 2.81. The lowest BCUT2D eigenvalue weighted by Crippen LogP contribution is -2.32. The molecule has 1 fully saturated rings. The predicted molar refractivity (Wildman–Crippen MR) is 72.4 cm³/mol. The molecule has 96 valence electrons. The average molecular weight is 254 g/mol. The van der Waals surface area contributed by atoms with Gasteiger partial charge in [0.1, 0.15) is 10.7 Å². The molecule has 1 aromatic rings. The van der Waals surface area contributed by atoms with E-state index in [0.29, 0.717) is 0 Å². The SMILES string of the molecule is CCNc1snnc1CN(CC)CC1CCC1. The Kier molecular flexibility index (Phi) is 4.74. The maximum atomic E-state index is 4.24. The van der Waals surface area contributed by atoms with E-state index < -0.39 is 0 Å². The van der Waals surface area contributed by atoms with Crippen molar-refractivity contribution in [3.05, 3.63) is 5.69 Å². The predicted octanol–water partition coefficient (Wildman–Crippen LogP) is 2.59. The van der Waals surface area contributed by atoms with E-state index >= 15 is 0 Å². The molecule has 1 N–H and O–H groups in total. The standard InChI is InChI=1S/C12H22N4S/c1-3-13-12-11(14-15-17-12)9-16(4-2)8-10-6-5-7-10/h10,13H,3-9H2,1-2H3. The van der Waals surface area contributed by atoms with Crippen molar-refractivity contribution in [2.24, 2.45) is 5.92 Å². The maximum absolute atomic E-state index is 4.24. The van der Waals surface area contributed by atoms with Crippen molar-refractivity contribution in [3.8, 4) is 0 Å². The highest BCUT2D eigenvalue weighted by Gasteiger charge is 2.21. The molecule has 0 aromatic carbocycles. The van der Waals surface area contributed by atoms with Crippen LogP contribution in [0.25, 0.3) is 0 Å². The van der Waals surface area contributed by atoms with Crippen LogP contribution in [0.3, 0.4) is 0 Å². The highest BCUT2D eigenvalue weighted by atomic mass is 32.1. The topological polar surface area (TPSA) is 41.1 Å². The fraction of sp³-hybridized carbons (Fsp3) is 0.833. The second-order valence-electron chi connectivity index (χ2n) is 4.70. The molecule has 1 heterocycles. The largest absolute Gasteiger partial charge is 0.374 e. The molecule has 0 spiro atoms. The van der Waals surface area contributed by atoms with Crippen LogP contribution in [0.15, 0.2) is 0 Å². The van der Waals surface area contributed by atoms with Crippen LogP contribution in [-0.2, 0) is 6.54 Å². The van der Waals surface area contributed by atoms with Gasteiger partial charge in [-0.15, -0.1) is 5.10 Å². The lowest BCUT2D eigenvalue weighted by atomic mass is 9.85. The van der Waals surface area contributed by atoms with Gasteiger partial charge in [0.25, 0.3) is 0 Å². The van der Waals surface area contributed by atoms with Gasteiger partial charge in [-0.1, -0.05) is 17.8 Å². The minimum Gasteiger partial charge on any atom is -0.374 e. The molecule has 1 aliphatic carbocycles. The zero-order valence-corrected chi connectivity index (χ0v) is 11.6. The van der Waals surface area contributed by atoms with Crippen LogP contribution < -0.4 is 5.32 Å². The van der Waals surface area contributed by atoms with Crippen LogP contribution in [0.4, 0.5) is 5.00 Å². The number of aromatic nitrogens is 2. The Hall–Kier alpha value is -0.680. The molecule has 0 bridgehead atoms. The molecule has 4 nitrogen and oxygen atoms in total. The van der Waals surface area contributed by atoms with E-state index in [-0.39, 0.29) is 0 Å². The molecule has 1 aromatic heterocycles. The number of hydrogen-bond acceptors (Lipinski definition) is 5. The lowest BCUT2D eigenvalue weighted by molar-refractivity contribution is 0.177. The Morgan fingerprint density at radius 3 is 2.82 bits per heavy atom. The van der Waals surface area contributed by atoms with Gasteiger partial charge in [-0.25, -0.2) is 0 Å². The first kappa shape index (κ1) is 12.8. The summed E-state index contributed by atoms with van der Waals surface area (Å²) in [6.07, 6.45) is 4.24. The highest BCUT2D eigenvalue weighted by molar-refractivity contribution is 7.10. The Morgan fingerprint density at radius 1 is 1.41 bits per heavy atom. The molecule has 0 aliphatic heterocycles. The van der Waals surface area contributed by atoms with E-state index in [0.717, 1.165) is 36.2 Å². The minimum absolute atomic E-state index is 0.920. The molecule has 0 amide bonds. The number of nitrogens with zero attached hydrogens (tertiary/aromatic N) is 3. The van der Waals surface area contributed by atoms with E-state index in [1.165, 1.54) is 37.3 Å². The lowest BCUT2D eigenvalue weighted by Gasteiger charge is -2.31. The van der Waals surface area contributed by atoms with Crippen LogP contribution in [0.5, 0.6) is 0 Å². The van der Waals surface area contributed by atoms with Gasteiger partial charge < -0.3 is 5.32 Å². The average Bonchev–Trinajstić information content (AvgIpc) is 2.70. The highest BCUT2D eigenvalue weighted by Crippen LogP contribution is 2.28. The zero-order chi connectivity index (χ0) is 12.1. The molecular weight excluding hydrogens is 232 g/mol. The van der Waals surface area contributed by atoms with Crippen molar-refractivity contribution < 1.29 is 0 Å². The van der Waals surface area contributed by atoms with Crippen molar-refractivity contribution in [2.75, 3.05) is 25.0 Å². The molecule has 5 heteroatoms. The van der Waals surface area contributed by atoms with Gasteiger partial charge in [0.15, 0.2) is 0 Å². The van der Waals surface area contributed by atoms with Crippen molar-refractivity contribution in [1.29, 1.82) is 0 Å². The molecule has 0 saturated heterocycles. The first-order valence-electron chi connectivity index (χ1n) is 6.61. The quantitative estimate of drug-likeness (QED) is 0.812. The summed E-state index contributed by atoms with van der Waals surface area (Å²) in [5.74, 6) is 0.920. The first-order chi connectivity index (χ1) is 8.33. The third-order valence-electron chi connectivity index (χ3n) is 3.45. The summed E-state index contributed by atoms with van der Waals surface area (Å²) >= 11 is 1.47. The summed E-state index contributed by atoms with van der Waals surface area (Å²) in [5.41, 5.74) is 1.11. The molecule has 2 rings (SSSR count). The Balaban J connectivity index is 1.89. The molecule has 0 unspecified atom stereocenters. The normalized spacial score (nSPS) is 16.2. The van der Waals surface area contributed by atoms with Crippen LogP contribution >= 0.6 is 11.5 Å². The molecule has 0 atom stereocenters. The van der Waals surface area contributed by atoms with Gasteiger partial charge >= 0.3 is 0 Å². The van der Waals surface area contributed by atoms with Crippen molar-refractivity contribution >= 4 is 16.5 Å². The summed E-state index contributed by atoms with van der Waals surface area (Å²) in [6.45, 7) is 8.53. The van der Waals surface area contributed by atoms with E-state index in [1.807, 2.05) is 0 Å². The van der Waals surface area contributed by atoms with Gasteiger partial charge in [-0.2, -0.15) is 0 Å². The van der Waals surface area contributed by atoms with Gasteiger partial charge in [0.2, 0.25) is 0 Å². The summed E-state index contributed by atoms with van der Waals surface area (Å²) in [6, 6.07) is 0. The second-order valence-corrected chi connectivity index (χ2v) is 5.46. The molecule has 17 heavy (non-hydrogen) atoms.